The third-order valence-corrected chi connectivity index (χ3v) is 3.60. The minimum absolute atomic E-state index is 0.756. The van der Waals surface area contributed by atoms with Crippen LogP contribution in [0.1, 0.15) is 25.3 Å². The van der Waals surface area contributed by atoms with Crippen molar-refractivity contribution in [2.24, 2.45) is 0 Å². The van der Waals surface area contributed by atoms with Crippen molar-refractivity contribution in [3.63, 3.8) is 0 Å². The van der Waals surface area contributed by atoms with E-state index < -0.39 is 0 Å². The normalized spacial score (nSPS) is 15.3. The fourth-order valence-corrected chi connectivity index (χ4v) is 2.50. The molecule has 4 nitrogen and oxygen atoms in total. The highest BCUT2D eigenvalue weighted by molar-refractivity contribution is 5.53. The first-order valence-corrected chi connectivity index (χ1v) is 7.40. The molecule has 1 N–H and O–H groups in total. The van der Waals surface area contributed by atoms with Gasteiger partial charge in [0.2, 0.25) is 0 Å². The average molecular weight is 275 g/mol. The minimum Gasteiger partial charge on any atom is -0.380 e. The number of nitrogens with one attached hydrogen (secondary N) is 1. The van der Waals surface area contributed by atoms with E-state index in [0.29, 0.717) is 0 Å². The van der Waals surface area contributed by atoms with Crippen LogP contribution in [-0.4, -0.2) is 38.3 Å². The zero-order chi connectivity index (χ0) is 14.2. The lowest BCUT2D eigenvalue weighted by Gasteiger charge is -2.29. The van der Waals surface area contributed by atoms with Gasteiger partial charge in [-0.25, -0.2) is 0 Å². The van der Waals surface area contributed by atoms with Crippen LogP contribution in [0.3, 0.4) is 0 Å². The molecule has 0 unspecified atom stereocenters. The smallest absolute Gasteiger partial charge is 0.0674 e. The molecule has 0 saturated carbocycles. The van der Waals surface area contributed by atoms with Crippen LogP contribution in [0, 0.1) is 0 Å². The Labute approximate surface area is 121 Å². The molecule has 0 aliphatic carbocycles. The van der Waals surface area contributed by atoms with Crippen molar-refractivity contribution >= 4 is 5.69 Å². The van der Waals surface area contributed by atoms with Gasteiger partial charge in [0.15, 0.2) is 0 Å². The van der Waals surface area contributed by atoms with Crippen molar-refractivity contribution < 1.29 is 4.74 Å². The Morgan fingerprint density at radius 2 is 2.35 bits per heavy atom. The topological polar surface area (TPSA) is 37.4 Å². The van der Waals surface area contributed by atoms with Crippen molar-refractivity contribution in [1.29, 1.82) is 0 Å². The van der Waals surface area contributed by atoms with Crippen LogP contribution in [-0.2, 0) is 11.3 Å². The molecule has 1 aromatic rings. The zero-order valence-electron chi connectivity index (χ0n) is 12.6. The summed E-state index contributed by atoms with van der Waals surface area (Å²) in [5, 5.41) is 3.47. The van der Waals surface area contributed by atoms with Gasteiger partial charge in [0.1, 0.15) is 0 Å². The summed E-state index contributed by atoms with van der Waals surface area (Å²) in [7, 11) is 1.76. The van der Waals surface area contributed by atoms with Gasteiger partial charge in [-0.3, -0.25) is 4.98 Å². The van der Waals surface area contributed by atoms with E-state index >= 15 is 0 Å². The summed E-state index contributed by atoms with van der Waals surface area (Å²) in [6.45, 7) is 6.91. The van der Waals surface area contributed by atoms with E-state index in [1.807, 2.05) is 12.4 Å². The summed E-state index contributed by atoms with van der Waals surface area (Å²) in [6, 6.07) is 2.12. The van der Waals surface area contributed by atoms with Crippen LogP contribution in [0.5, 0.6) is 0 Å². The van der Waals surface area contributed by atoms with Gasteiger partial charge < -0.3 is 15.0 Å². The molecule has 0 bridgehead atoms. The molecular weight excluding hydrogens is 250 g/mol. The number of pyridine rings is 1. The summed E-state index contributed by atoms with van der Waals surface area (Å²) >= 11 is 0. The number of methoxy groups -OCH3 is 1. The van der Waals surface area contributed by atoms with Gasteiger partial charge in [0.05, 0.1) is 18.5 Å². The maximum Gasteiger partial charge on any atom is 0.0674 e. The lowest BCUT2D eigenvalue weighted by Crippen LogP contribution is -2.31. The molecule has 1 aromatic heterocycles. The number of hydrogen-bond acceptors (Lipinski definition) is 4. The standard InChI is InChI=1S/C16H25N3O/c1-3-7-17-11-15-4-8-18-12-16(15)19-9-5-14(6-10-19)13-20-2/h4-5,8,12,17H,3,6-7,9-11,13H2,1-2H3. The molecular formula is C16H25N3O. The number of nitrogens with zero attached hydrogens (tertiary/aromatic N) is 2. The van der Waals surface area contributed by atoms with E-state index in [1.54, 1.807) is 7.11 Å². The number of aromatic nitrogens is 1. The highest BCUT2D eigenvalue weighted by Gasteiger charge is 2.15. The number of ether oxygens (including phenoxy) is 1. The Balaban J connectivity index is 2.02. The first-order valence-electron chi connectivity index (χ1n) is 7.40. The fraction of sp³-hybridized carbons (Fsp3) is 0.562. The van der Waals surface area contributed by atoms with Gasteiger partial charge in [-0.05, 0) is 36.6 Å². The predicted octanol–water partition coefficient (Wildman–Crippen LogP) is 2.36. The van der Waals surface area contributed by atoms with Gasteiger partial charge in [0, 0.05) is 32.9 Å². The zero-order valence-corrected chi connectivity index (χ0v) is 12.6. The molecule has 0 amide bonds. The maximum atomic E-state index is 5.20. The van der Waals surface area contributed by atoms with Crippen LogP contribution in [0.15, 0.2) is 30.1 Å². The number of anilines is 1. The lowest BCUT2D eigenvalue weighted by molar-refractivity contribution is 0.222. The largest absolute Gasteiger partial charge is 0.380 e. The molecule has 2 heterocycles. The van der Waals surface area contributed by atoms with Crippen LogP contribution in [0.4, 0.5) is 5.69 Å². The highest BCUT2D eigenvalue weighted by atomic mass is 16.5. The molecule has 1 aliphatic rings. The second-order valence-corrected chi connectivity index (χ2v) is 5.17. The van der Waals surface area contributed by atoms with E-state index in [9.17, 15) is 0 Å². The summed E-state index contributed by atoms with van der Waals surface area (Å²) in [5.41, 5.74) is 3.99. The van der Waals surface area contributed by atoms with E-state index in [0.717, 1.165) is 45.6 Å². The van der Waals surface area contributed by atoms with Crippen molar-refractivity contribution in [3.05, 3.63) is 35.7 Å². The highest BCUT2D eigenvalue weighted by Crippen LogP contribution is 2.23. The van der Waals surface area contributed by atoms with Crippen molar-refractivity contribution in [3.8, 4) is 0 Å². The summed E-state index contributed by atoms with van der Waals surface area (Å²) in [6.07, 6.45) is 8.38. The molecule has 0 saturated heterocycles. The molecule has 0 fully saturated rings. The number of hydrogen-bond donors (Lipinski definition) is 1. The molecule has 0 aromatic carbocycles. The SMILES string of the molecule is CCCNCc1ccncc1N1CC=C(COC)CC1. The molecule has 0 atom stereocenters. The first kappa shape index (κ1) is 15.0. The monoisotopic (exact) mass is 275 g/mol. The molecule has 1 aliphatic heterocycles. The van der Waals surface area contributed by atoms with Gasteiger partial charge >= 0.3 is 0 Å². The summed E-state index contributed by atoms with van der Waals surface area (Å²) in [4.78, 5) is 6.69. The van der Waals surface area contributed by atoms with Gasteiger partial charge in [-0.1, -0.05) is 13.0 Å². The van der Waals surface area contributed by atoms with E-state index in [2.05, 4.69) is 34.3 Å². The van der Waals surface area contributed by atoms with Gasteiger partial charge in [0.25, 0.3) is 0 Å². The average Bonchev–Trinajstić information content (AvgIpc) is 2.49. The first-order chi connectivity index (χ1) is 9.85. The Morgan fingerprint density at radius 1 is 1.45 bits per heavy atom. The molecule has 2 rings (SSSR count). The third kappa shape index (κ3) is 4.05. The van der Waals surface area contributed by atoms with Crippen LogP contribution >= 0.6 is 0 Å². The van der Waals surface area contributed by atoms with Crippen molar-refractivity contribution in [1.82, 2.24) is 10.3 Å². The molecule has 20 heavy (non-hydrogen) atoms. The Morgan fingerprint density at radius 3 is 3.05 bits per heavy atom. The summed E-state index contributed by atoms with van der Waals surface area (Å²) < 4.78 is 5.20. The van der Waals surface area contributed by atoms with Crippen molar-refractivity contribution in [2.45, 2.75) is 26.3 Å². The molecule has 0 radical (unpaired) electrons. The third-order valence-electron chi connectivity index (χ3n) is 3.60. The van der Waals surface area contributed by atoms with Crippen molar-refractivity contribution in [2.75, 3.05) is 38.3 Å². The van der Waals surface area contributed by atoms with Gasteiger partial charge in [-0.2, -0.15) is 0 Å². The van der Waals surface area contributed by atoms with E-state index in [4.69, 9.17) is 4.74 Å². The molecule has 0 spiro atoms. The molecule has 110 valence electrons. The van der Waals surface area contributed by atoms with E-state index in [-0.39, 0.29) is 0 Å². The predicted molar refractivity (Wildman–Crippen MR) is 83.0 cm³/mol. The van der Waals surface area contributed by atoms with Crippen LogP contribution in [0.25, 0.3) is 0 Å². The molecule has 4 heteroatoms. The lowest BCUT2D eigenvalue weighted by atomic mass is 10.1. The second-order valence-electron chi connectivity index (χ2n) is 5.17. The Bertz CT molecular complexity index is 445. The fourth-order valence-electron chi connectivity index (χ4n) is 2.50. The summed E-state index contributed by atoms with van der Waals surface area (Å²) in [5.74, 6) is 0. The quantitative estimate of drug-likeness (QED) is 0.612. The Hall–Kier alpha value is -1.39. The number of rotatable bonds is 7. The van der Waals surface area contributed by atoms with Gasteiger partial charge in [-0.15, -0.1) is 0 Å². The Kier molecular flexibility index (Phi) is 6.02. The maximum absolute atomic E-state index is 5.20. The minimum atomic E-state index is 0.756. The van der Waals surface area contributed by atoms with E-state index in [1.165, 1.54) is 16.8 Å². The van der Waals surface area contributed by atoms with Crippen LogP contribution < -0.4 is 10.2 Å². The second kappa shape index (κ2) is 8.02. The van der Waals surface area contributed by atoms with Crippen LogP contribution in [0.2, 0.25) is 0 Å².